The zero-order valence-corrected chi connectivity index (χ0v) is 13.6. The van der Waals surface area contributed by atoms with E-state index in [1.807, 2.05) is 13.8 Å². The number of aliphatic carboxylic acids is 1. The molecule has 0 aromatic rings. The molecule has 0 aromatic heterocycles. The molecule has 20 heavy (non-hydrogen) atoms. The molecule has 0 saturated carbocycles. The van der Waals surface area contributed by atoms with E-state index in [4.69, 9.17) is 0 Å². The van der Waals surface area contributed by atoms with Gasteiger partial charge >= 0.3 is 5.97 Å². The second kappa shape index (κ2) is 7.99. The van der Waals surface area contributed by atoms with Crippen LogP contribution in [0.4, 0.5) is 0 Å². The van der Waals surface area contributed by atoms with Gasteiger partial charge in [-0.2, -0.15) is 0 Å². The van der Waals surface area contributed by atoms with Crippen molar-refractivity contribution in [2.45, 2.75) is 83.8 Å². The summed E-state index contributed by atoms with van der Waals surface area (Å²) in [6, 6.07) is 0.953. The van der Waals surface area contributed by atoms with Crippen LogP contribution in [0.15, 0.2) is 0 Å². The first-order valence-corrected chi connectivity index (χ1v) is 8.14. The van der Waals surface area contributed by atoms with Gasteiger partial charge in [0.2, 0.25) is 0 Å². The monoisotopic (exact) mass is 284 g/mol. The van der Waals surface area contributed by atoms with Crippen LogP contribution in [0, 0.1) is 0 Å². The second-order valence-electron chi connectivity index (χ2n) is 6.63. The zero-order chi connectivity index (χ0) is 15.2. The van der Waals surface area contributed by atoms with Gasteiger partial charge in [0.05, 0.1) is 0 Å². The van der Waals surface area contributed by atoms with E-state index in [9.17, 15) is 9.90 Å². The Hall–Kier alpha value is -0.610. The average molecular weight is 284 g/mol. The SMILES string of the molecule is CCC1CCCN1CCCCC(C)(NC(C)C)C(=O)O. The Kier molecular flexibility index (Phi) is 6.96. The first-order chi connectivity index (χ1) is 9.39. The molecular formula is C16H32N2O2. The van der Waals surface area contributed by atoms with E-state index >= 15 is 0 Å². The number of nitrogens with zero attached hydrogens (tertiary/aromatic N) is 1. The summed E-state index contributed by atoms with van der Waals surface area (Å²) in [5.74, 6) is -0.737. The Morgan fingerprint density at radius 3 is 2.70 bits per heavy atom. The average Bonchev–Trinajstić information content (AvgIpc) is 2.81. The van der Waals surface area contributed by atoms with Crippen LogP contribution in [0.5, 0.6) is 0 Å². The topological polar surface area (TPSA) is 52.6 Å². The van der Waals surface area contributed by atoms with Crippen molar-refractivity contribution in [2.75, 3.05) is 13.1 Å². The lowest BCUT2D eigenvalue weighted by Gasteiger charge is -2.29. The van der Waals surface area contributed by atoms with Crippen molar-refractivity contribution in [3.8, 4) is 0 Å². The van der Waals surface area contributed by atoms with Crippen LogP contribution < -0.4 is 5.32 Å². The third-order valence-electron chi connectivity index (χ3n) is 4.42. The molecule has 0 bridgehead atoms. The summed E-state index contributed by atoms with van der Waals surface area (Å²) in [5, 5.41) is 12.6. The van der Waals surface area contributed by atoms with Crippen LogP contribution in [0.1, 0.15) is 66.2 Å². The molecule has 1 aliphatic rings. The molecule has 118 valence electrons. The van der Waals surface area contributed by atoms with Crippen molar-refractivity contribution in [1.29, 1.82) is 0 Å². The van der Waals surface area contributed by atoms with E-state index in [0.29, 0.717) is 6.42 Å². The van der Waals surface area contributed by atoms with Crippen LogP contribution in [-0.2, 0) is 4.79 Å². The summed E-state index contributed by atoms with van der Waals surface area (Å²) in [6.07, 6.45) is 6.65. The fourth-order valence-electron chi connectivity index (χ4n) is 3.32. The van der Waals surface area contributed by atoms with E-state index in [-0.39, 0.29) is 6.04 Å². The fraction of sp³-hybridized carbons (Fsp3) is 0.938. The molecule has 0 spiro atoms. The quantitative estimate of drug-likeness (QED) is 0.639. The van der Waals surface area contributed by atoms with Crippen molar-refractivity contribution >= 4 is 5.97 Å². The molecule has 1 aliphatic heterocycles. The van der Waals surface area contributed by atoms with Gasteiger partial charge in [-0.1, -0.05) is 6.92 Å². The lowest BCUT2D eigenvalue weighted by molar-refractivity contribution is -0.144. The Morgan fingerprint density at radius 2 is 2.15 bits per heavy atom. The molecule has 0 amide bonds. The van der Waals surface area contributed by atoms with Gasteiger partial charge in [-0.15, -0.1) is 0 Å². The molecule has 4 heteroatoms. The largest absolute Gasteiger partial charge is 0.480 e. The number of likely N-dealkylation sites (tertiary alicyclic amines) is 1. The fourth-order valence-corrected chi connectivity index (χ4v) is 3.32. The van der Waals surface area contributed by atoms with E-state index in [1.165, 1.54) is 25.8 Å². The summed E-state index contributed by atoms with van der Waals surface area (Å²) < 4.78 is 0. The van der Waals surface area contributed by atoms with E-state index in [2.05, 4.69) is 17.1 Å². The van der Waals surface area contributed by atoms with Gasteiger partial charge in [0, 0.05) is 12.1 Å². The number of carboxylic acid groups (broad SMARTS) is 1. The minimum atomic E-state index is -0.788. The molecule has 2 atom stereocenters. The highest BCUT2D eigenvalue weighted by atomic mass is 16.4. The molecular weight excluding hydrogens is 252 g/mol. The Bertz CT molecular complexity index is 307. The van der Waals surface area contributed by atoms with Crippen molar-refractivity contribution in [2.24, 2.45) is 0 Å². The minimum absolute atomic E-state index is 0.194. The third kappa shape index (κ3) is 5.06. The van der Waals surface area contributed by atoms with Gasteiger partial charge in [-0.05, 0) is 72.4 Å². The van der Waals surface area contributed by atoms with Crippen LogP contribution >= 0.6 is 0 Å². The molecule has 0 aliphatic carbocycles. The lowest BCUT2D eigenvalue weighted by atomic mass is 9.94. The maximum absolute atomic E-state index is 11.4. The molecule has 2 unspecified atom stereocenters. The lowest BCUT2D eigenvalue weighted by Crippen LogP contribution is -2.52. The number of hydrogen-bond donors (Lipinski definition) is 2. The Morgan fingerprint density at radius 1 is 1.45 bits per heavy atom. The van der Waals surface area contributed by atoms with E-state index < -0.39 is 11.5 Å². The summed E-state index contributed by atoms with van der Waals surface area (Å²) >= 11 is 0. The number of carboxylic acids is 1. The zero-order valence-electron chi connectivity index (χ0n) is 13.6. The van der Waals surface area contributed by atoms with Crippen LogP contribution in [0.3, 0.4) is 0 Å². The van der Waals surface area contributed by atoms with Gasteiger partial charge in [0.25, 0.3) is 0 Å². The minimum Gasteiger partial charge on any atom is -0.480 e. The van der Waals surface area contributed by atoms with Gasteiger partial charge in [0.15, 0.2) is 0 Å². The number of rotatable bonds is 9. The molecule has 1 rings (SSSR count). The van der Waals surface area contributed by atoms with Crippen LogP contribution in [0.25, 0.3) is 0 Å². The third-order valence-corrected chi connectivity index (χ3v) is 4.42. The smallest absolute Gasteiger partial charge is 0.323 e. The first kappa shape index (κ1) is 17.4. The van der Waals surface area contributed by atoms with E-state index in [0.717, 1.165) is 25.4 Å². The molecule has 1 saturated heterocycles. The van der Waals surface area contributed by atoms with Crippen molar-refractivity contribution in [1.82, 2.24) is 10.2 Å². The molecule has 1 fully saturated rings. The Labute approximate surface area is 123 Å². The summed E-state index contributed by atoms with van der Waals surface area (Å²) in [7, 11) is 0. The summed E-state index contributed by atoms with van der Waals surface area (Å²) in [5.41, 5.74) is -0.788. The maximum Gasteiger partial charge on any atom is 0.323 e. The number of nitrogens with one attached hydrogen (secondary N) is 1. The van der Waals surface area contributed by atoms with Gasteiger partial charge in [0.1, 0.15) is 5.54 Å². The van der Waals surface area contributed by atoms with Gasteiger partial charge in [-0.25, -0.2) is 0 Å². The highest BCUT2D eigenvalue weighted by Gasteiger charge is 2.32. The van der Waals surface area contributed by atoms with Crippen LogP contribution in [0.2, 0.25) is 0 Å². The van der Waals surface area contributed by atoms with Crippen molar-refractivity contribution in [3.05, 3.63) is 0 Å². The van der Waals surface area contributed by atoms with E-state index in [1.54, 1.807) is 6.92 Å². The molecule has 0 radical (unpaired) electrons. The summed E-state index contributed by atoms with van der Waals surface area (Å²) in [6.45, 7) is 10.4. The second-order valence-corrected chi connectivity index (χ2v) is 6.63. The first-order valence-electron chi connectivity index (χ1n) is 8.14. The van der Waals surface area contributed by atoms with Gasteiger partial charge in [-0.3, -0.25) is 10.1 Å². The number of unbranched alkanes of at least 4 members (excludes halogenated alkanes) is 1. The van der Waals surface area contributed by atoms with Crippen molar-refractivity contribution in [3.63, 3.8) is 0 Å². The van der Waals surface area contributed by atoms with Crippen LogP contribution in [-0.4, -0.2) is 46.7 Å². The molecule has 4 nitrogen and oxygen atoms in total. The molecule has 1 heterocycles. The summed E-state index contributed by atoms with van der Waals surface area (Å²) in [4.78, 5) is 14.0. The number of hydrogen-bond acceptors (Lipinski definition) is 3. The molecule has 0 aromatic carbocycles. The maximum atomic E-state index is 11.4. The normalized spacial score (nSPS) is 23.1. The standard InChI is InChI=1S/C16H32N2O2/c1-5-14-9-8-12-18(14)11-7-6-10-16(4,15(19)20)17-13(2)3/h13-14,17H,5-12H2,1-4H3,(H,19,20). The molecule has 2 N–H and O–H groups in total. The predicted octanol–water partition coefficient (Wildman–Crippen LogP) is 2.87. The highest BCUT2D eigenvalue weighted by molar-refractivity contribution is 5.78. The predicted molar refractivity (Wildman–Crippen MR) is 83.0 cm³/mol. The Balaban J connectivity index is 2.32. The number of carbonyl (C=O) groups is 1. The van der Waals surface area contributed by atoms with Gasteiger partial charge < -0.3 is 10.0 Å². The van der Waals surface area contributed by atoms with Crippen molar-refractivity contribution < 1.29 is 9.90 Å². The highest BCUT2D eigenvalue weighted by Crippen LogP contribution is 2.21.